The second-order valence-electron chi connectivity index (χ2n) is 4.21. The van der Waals surface area contributed by atoms with Crippen LogP contribution < -0.4 is 16.4 Å². The quantitative estimate of drug-likeness (QED) is 0.527. The molecule has 0 saturated heterocycles. The number of hydrogen-bond donors (Lipinski definition) is 3. The van der Waals surface area contributed by atoms with Gasteiger partial charge in [0.05, 0.1) is 4.92 Å². The van der Waals surface area contributed by atoms with Crippen molar-refractivity contribution in [3.8, 4) is 0 Å². The molecule has 1 unspecified atom stereocenters. The van der Waals surface area contributed by atoms with Gasteiger partial charge in [-0.05, 0) is 26.0 Å². The van der Waals surface area contributed by atoms with Crippen LogP contribution in [0.1, 0.15) is 24.2 Å². The van der Waals surface area contributed by atoms with Crippen molar-refractivity contribution < 1.29 is 9.72 Å². The first kappa shape index (κ1) is 14.9. The maximum Gasteiger partial charge on any atom is 0.292 e. The van der Waals surface area contributed by atoms with Crippen molar-refractivity contribution in [2.24, 2.45) is 5.73 Å². The third kappa shape index (κ3) is 4.22. The molecule has 104 valence electrons. The van der Waals surface area contributed by atoms with Gasteiger partial charge in [0.1, 0.15) is 5.69 Å². The Kier molecular flexibility index (Phi) is 5.25. The molecule has 0 aliphatic heterocycles. The molecule has 1 atom stereocenters. The number of benzene rings is 1. The Balaban J connectivity index is 3.03. The molecule has 7 heteroatoms. The number of nitro groups is 1. The maximum atomic E-state index is 11.7. The van der Waals surface area contributed by atoms with E-state index in [1.165, 1.54) is 18.2 Å². The minimum Gasteiger partial charge on any atom is -0.378 e. The van der Waals surface area contributed by atoms with Crippen LogP contribution >= 0.6 is 0 Å². The van der Waals surface area contributed by atoms with Crippen LogP contribution in [0.5, 0.6) is 0 Å². The summed E-state index contributed by atoms with van der Waals surface area (Å²) in [5.41, 5.74) is 6.20. The predicted octanol–water partition coefficient (Wildman–Crippen LogP) is 1.10. The summed E-state index contributed by atoms with van der Waals surface area (Å²) < 4.78 is 0. The average molecular weight is 266 g/mol. The van der Waals surface area contributed by atoms with Crippen LogP contribution in [0, 0.1) is 10.1 Å². The monoisotopic (exact) mass is 266 g/mol. The molecule has 0 aliphatic carbocycles. The second kappa shape index (κ2) is 6.69. The highest BCUT2D eigenvalue weighted by atomic mass is 16.6. The Morgan fingerprint density at radius 3 is 2.74 bits per heavy atom. The Hall–Kier alpha value is -2.15. The molecule has 0 fully saturated rings. The summed E-state index contributed by atoms with van der Waals surface area (Å²) in [7, 11) is 0. The Morgan fingerprint density at radius 1 is 1.53 bits per heavy atom. The molecular weight excluding hydrogens is 248 g/mol. The zero-order chi connectivity index (χ0) is 14.4. The van der Waals surface area contributed by atoms with Gasteiger partial charge in [-0.1, -0.05) is 0 Å². The number of nitrogens with one attached hydrogen (secondary N) is 2. The summed E-state index contributed by atoms with van der Waals surface area (Å²) >= 11 is 0. The third-order valence-corrected chi connectivity index (χ3v) is 2.41. The molecule has 0 spiro atoms. The van der Waals surface area contributed by atoms with E-state index in [1.54, 1.807) is 13.8 Å². The molecule has 0 bridgehead atoms. The van der Waals surface area contributed by atoms with E-state index < -0.39 is 4.92 Å². The molecular formula is C12H18N4O3. The van der Waals surface area contributed by atoms with Gasteiger partial charge < -0.3 is 16.4 Å². The fourth-order valence-electron chi connectivity index (χ4n) is 1.51. The Bertz CT molecular complexity index is 474. The van der Waals surface area contributed by atoms with Crippen molar-refractivity contribution in [2.75, 3.05) is 18.4 Å². The number of anilines is 1. The van der Waals surface area contributed by atoms with Gasteiger partial charge >= 0.3 is 0 Å². The van der Waals surface area contributed by atoms with Crippen molar-refractivity contribution in [2.45, 2.75) is 19.9 Å². The molecule has 1 rings (SSSR count). The number of amides is 1. The van der Waals surface area contributed by atoms with Gasteiger partial charge in [0.15, 0.2) is 0 Å². The zero-order valence-corrected chi connectivity index (χ0v) is 11.0. The summed E-state index contributed by atoms with van der Waals surface area (Å²) in [5.74, 6) is -0.263. The summed E-state index contributed by atoms with van der Waals surface area (Å²) in [5, 5.41) is 16.4. The number of rotatable bonds is 6. The van der Waals surface area contributed by atoms with Crippen LogP contribution in [-0.4, -0.2) is 30.0 Å². The molecule has 7 nitrogen and oxygen atoms in total. The Morgan fingerprint density at radius 2 is 2.21 bits per heavy atom. The maximum absolute atomic E-state index is 11.7. The number of nitrogens with zero attached hydrogens (tertiary/aromatic N) is 1. The van der Waals surface area contributed by atoms with Gasteiger partial charge in [0.2, 0.25) is 0 Å². The standard InChI is InChI=1S/C12H18N4O3/c1-3-14-12(17)9-4-5-11(16(18)19)10(6-9)15-7-8(2)13/h4-6,8,15H,3,7,13H2,1-2H3,(H,14,17). The Labute approximate surface area is 111 Å². The van der Waals surface area contributed by atoms with Crippen LogP contribution in [0.25, 0.3) is 0 Å². The van der Waals surface area contributed by atoms with Gasteiger partial charge in [-0.25, -0.2) is 0 Å². The molecule has 1 amide bonds. The van der Waals surface area contributed by atoms with E-state index in [1.807, 2.05) is 0 Å². The molecule has 1 aromatic carbocycles. The van der Waals surface area contributed by atoms with E-state index in [0.29, 0.717) is 24.3 Å². The molecule has 0 heterocycles. The van der Waals surface area contributed by atoms with Gasteiger partial charge in [0.25, 0.3) is 11.6 Å². The summed E-state index contributed by atoms with van der Waals surface area (Å²) in [6, 6.07) is 4.06. The highest BCUT2D eigenvalue weighted by Gasteiger charge is 2.16. The van der Waals surface area contributed by atoms with Gasteiger partial charge in [0, 0.05) is 30.8 Å². The number of hydrogen-bond acceptors (Lipinski definition) is 5. The number of nitrogens with two attached hydrogens (primary N) is 1. The number of carbonyl (C=O) groups excluding carboxylic acids is 1. The molecule has 19 heavy (non-hydrogen) atoms. The molecule has 0 radical (unpaired) electrons. The summed E-state index contributed by atoms with van der Waals surface area (Å²) in [6.45, 7) is 4.48. The summed E-state index contributed by atoms with van der Waals surface area (Å²) in [6.07, 6.45) is 0. The van der Waals surface area contributed by atoms with Crippen LogP contribution in [-0.2, 0) is 0 Å². The first-order valence-corrected chi connectivity index (χ1v) is 6.01. The predicted molar refractivity (Wildman–Crippen MR) is 73.2 cm³/mol. The fourth-order valence-corrected chi connectivity index (χ4v) is 1.51. The lowest BCUT2D eigenvalue weighted by Crippen LogP contribution is -2.26. The molecule has 0 aromatic heterocycles. The van der Waals surface area contributed by atoms with E-state index in [4.69, 9.17) is 5.73 Å². The third-order valence-electron chi connectivity index (χ3n) is 2.41. The number of nitro benzene ring substituents is 1. The van der Waals surface area contributed by atoms with Crippen LogP contribution in [0.3, 0.4) is 0 Å². The molecule has 4 N–H and O–H groups in total. The lowest BCUT2D eigenvalue weighted by molar-refractivity contribution is -0.384. The SMILES string of the molecule is CCNC(=O)c1ccc([N+](=O)[O-])c(NCC(C)N)c1. The first-order valence-electron chi connectivity index (χ1n) is 6.01. The molecule has 1 aromatic rings. The first-order chi connectivity index (χ1) is 8.95. The van der Waals surface area contributed by atoms with Crippen LogP contribution in [0.2, 0.25) is 0 Å². The smallest absolute Gasteiger partial charge is 0.292 e. The van der Waals surface area contributed by atoms with Crippen molar-refractivity contribution in [3.05, 3.63) is 33.9 Å². The van der Waals surface area contributed by atoms with Crippen molar-refractivity contribution >= 4 is 17.3 Å². The average Bonchev–Trinajstić information content (AvgIpc) is 2.36. The van der Waals surface area contributed by atoms with Crippen LogP contribution in [0.15, 0.2) is 18.2 Å². The van der Waals surface area contributed by atoms with E-state index in [-0.39, 0.29) is 17.6 Å². The summed E-state index contributed by atoms with van der Waals surface area (Å²) in [4.78, 5) is 22.1. The van der Waals surface area contributed by atoms with E-state index >= 15 is 0 Å². The van der Waals surface area contributed by atoms with E-state index in [0.717, 1.165) is 0 Å². The number of carbonyl (C=O) groups is 1. The topological polar surface area (TPSA) is 110 Å². The van der Waals surface area contributed by atoms with E-state index in [9.17, 15) is 14.9 Å². The minimum absolute atomic E-state index is 0.0753. The zero-order valence-electron chi connectivity index (χ0n) is 11.0. The largest absolute Gasteiger partial charge is 0.378 e. The minimum atomic E-state index is -0.495. The molecule has 0 aliphatic rings. The second-order valence-corrected chi connectivity index (χ2v) is 4.21. The van der Waals surface area contributed by atoms with Crippen molar-refractivity contribution in [3.63, 3.8) is 0 Å². The van der Waals surface area contributed by atoms with Crippen LogP contribution in [0.4, 0.5) is 11.4 Å². The van der Waals surface area contributed by atoms with Gasteiger partial charge in [-0.2, -0.15) is 0 Å². The lowest BCUT2D eigenvalue weighted by atomic mass is 10.1. The van der Waals surface area contributed by atoms with Gasteiger partial charge in [-0.15, -0.1) is 0 Å². The highest BCUT2D eigenvalue weighted by Crippen LogP contribution is 2.25. The highest BCUT2D eigenvalue weighted by molar-refractivity contribution is 5.95. The van der Waals surface area contributed by atoms with Crippen molar-refractivity contribution in [1.29, 1.82) is 0 Å². The van der Waals surface area contributed by atoms with E-state index in [2.05, 4.69) is 10.6 Å². The molecule has 0 saturated carbocycles. The van der Waals surface area contributed by atoms with Gasteiger partial charge in [-0.3, -0.25) is 14.9 Å². The normalized spacial score (nSPS) is 11.7. The fraction of sp³-hybridized carbons (Fsp3) is 0.417. The van der Waals surface area contributed by atoms with Crippen molar-refractivity contribution in [1.82, 2.24) is 5.32 Å². The lowest BCUT2D eigenvalue weighted by Gasteiger charge is -2.11.